The van der Waals surface area contributed by atoms with Crippen LogP contribution in [0.4, 0.5) is 0 Å². The second-order valence-electron chi connectivity index (χ2n) is 10.3. The molecule has 0 radical (unpaired) electrons. The van der Waals surface area contributed by atoms with Crippen molar-refractivity contribution in [3.63, 3.8) is 0 Å². The van der Waals surface area contributed by atoms with Gasteiger partial charge in [-0.05, 0) is 48.9 Å². The van der Waals surface area contributed by atoms with Crippen molar-refractivity contribution in [2.24, 2.45) is 0 Å². The Morgan fingerprint density at radius 3 is 1.24 bits per heavy atom. The topological polar surface area (TPSA) is 27.7 Å². The summed E-state index contributed by atoms with van der Waals surface area (Å²) in [5.74, 6) is 2.01. The minimum atomic E-state index is 0.572. The molecule has 0 bridgehead atoms. The van der Waals surface area contributed by atoms with Gasteiger partial charge in [0.05, 0.1) is 13.2 Å². The third-order valence-electron chi connectivity index (χ3n) is 7.02. The predicted molar refractivity (Wildman–Crippen MR) is 158 cm³/mol. The van der Waals surface area contributed by atoms with Gasteiger partial charge in [-0.2, -0.15) is 0 Å². The van der Waals surface area contributed by atoms with E-state index in [0.717, 1.165) is 24.3 Å². The van der Waals surface area contributed by atoms with Crippen molar-refractivity contribution in [1.82, 2.24) is 0 Å². The summed E-state index contributed by atoms with van der Waals surface area (Å²) in [7, 11) is 0. The summed E-state index contributed by atoms with van der Waals surface area (Å²) in [6.45, 7) is 6.85. The lowest BCUT2D eigenvalue weighted by molar-refractivity contribution is 0.0759. The van der Waals surface area contributed by atoms with Gasteiger partial charge in [-0.25, -0.2) is 0 Å². The molecule has 0 spiro atoms. The minimum Gasteiger partial charge on any atom is -0.491 e. The van der Waals surface area contributed by atoms with Crippen molar-refractivity contribution in [3.05, 3.63) is 59.7 Å². The van der Waals surface area contributed by atoms with Crippen LogP contribution in [0.15, 0.2) is 48.5 Å². The van der Waals surface area contributed by atoms with Crippen LogP contribution in [0.2, 0.25) is 0 Å². The Bertz CT molecular complexity index is 723. The second kappa shape index (κ2) is 22.0. The number of benzene rings is 2. The van der Waals surface area contributed by atoms with E-state index in [0.29, 0.717) is 26.4 Å². The highest BCUT2D eigenvalue weighted by atomic mass is 16.5. The lowest BCUT2D eigenvalue weighted by Crippen LogP contribution is -2.13. The van der Waals surface area contributed by atoms with Gasteiger partial charge in [-0.1, -0.05) is 127 Å². The molecule has 0 amide bonds. The van der Waals surface area contributed by atoms with Gasteiger partial charge in [0, 0.05) is 0 Å². The van der Waals surface area contributed by atoms with Crippen molar-refractivity contribution in [3.8, 4) is 11.5 Å². The van der Waals surface area contributed by atoms with E-state index in [1.54, 1.807) is 0 Å². The molecule has 0 atom stereocenters. The van der Waals surface area contributed by atoms with E-state index in [4.69, 9.17) is 14.2 Å². The first-order chi connectivity index (χ1) is 18.3. The molecule has 2 aromatic rings. The van der Waals surface area contributed by atoms with Crippen LogP contribution in [0.1, 0.15) is 115 Å². The van der Waals surface area contributed by atoms with Gasteiger partial charge in [0.2, 0.25) is 0 Å². The third-order valence-corrected chi connectivity index (χ3v) is 7.02. The molecule has 0 heterocycles. The molecule has 0 saturated carbocycles. The highest BCUT2D eigenvalue weighted by molar-refractivity contribution is 5.34. The summed E-state index contributed by atoms with van der Waals surface area (Å²) in [5, 5.41) is 0. The zero-order chi connectivity index (χ0) is 26.2. The average Bonchev–Trinajstić information content (AvgIpc) is 2.93. The van der Waals surface area contributed by atoms with E-state index in [9.17, 15) is 0 Å². The highest BCUT2D eigenvalue weighted by Gasteiger charge is 2.05. The lowest BCUT2D eigenvalue weighted by Gasteiger charge is -2.13. The molecular weight excluding hydrogens is 456 g/mol. The number of hydrogen-bond donors (Lipinski definition) is 0. The number of rotatable bonds is 24. The summed E-state index contributed by atoms with van der Waals surface area (Å²) in [6, 6.07) is 16.9. The van der Waals surface area contributed by atoms with Crippen molar-refractivity contribution in [2.75, 3.05) is 26.4 Å². The molecule has 0 aliphatic carbocycles. The van der Waals surface area contributed by atoms with Gasteiger partial charge in [0.25, 0.3) is 0 Å². The van der Waals surface area contributed by atoms with Crippen LogP contribution in [0.25, 0.3) is 0 Å². The van der Waals surface area contributed by atoms with Gasteiger partial charge in [0.1, 0.15) is 24.7 Å². The van der Waals surface area contributed by atoms with Gasteiger partial charge >= 0.3 is 0 Å². The fourth-order valence-electron chi connectivity index (χ4n) is 4.77. The Morgan fingerprint density at radius 2 is 0.811 bits per heavy atom. The molecule has 0 fully saturated rings. The van der Waals surface area contributed by atoms with Crippen LogP contribution in [0.3, 0.4) is 0 Å². The van der Waals surface area contributed by atoms with E-state index in [1.807, 2.05) is 0 Å². The maximum absolute atomic E-state index is 6.05. The molecular formula is C34H54O3. The van der Waals surface area contributed by atoms with Crippen LogP contribution >= 0.6 is 0 Å². The predicted octanol–water partition coefficient (Wildman–Crippen LogP) is 9.75. The summed E-state index contributed by atoms with van der Waals surface area (Å²) >= 11 is 0. The van der Waals surface area contributed by atoms with Crippen molar-refractivity contribution in [1.29, 1.82) is 0 Å². The molecule has 0 aromatic heterocycles. The maximum Gasteiger partial charge on any atom is 0.122 e. The van der Waals surface area contributed by atoms with Crippen molar-refractivity contribution >= 4 is 0 Å². The molecule has 3 nitrogen and oxygen atoms in total. The Labute approximate surface area is 228 Å². The first-order valence-electron chi connectivity index (χ1n) is 15.3. The van der Waals surface area contributed by atoms with Crippen LogP contribution in [-0.2, 0) is 17.6 Å². The Morgan fingerprint density at radius 1 is 0.432 bits per heavy atom. The summed E-state index contributed by atoms with van der Waals surface area (Å²) in [5.41, 5.74) is 2.63. The first-order valence-corrected chi connectivity index (χ1v) is 15.3. The first kappa shape index (κ1) is 31.2. The molecule has 0 saturated heterocycles. The normalized spacial score (nSPS) is 11.1. The second-order valence-corrected chi connectivity index (χ2v) is 10.3. The maximum atomic E-state index is 6.05. The van der Waals surface area contributed by atoms with Crippen molar-refractivity contribution in [2.45, 2.75) is 117 Å². The minimum absolute atomic E-state index is 0.572. The molecule has 3 heteroatoms. The molecule has 0 unspecified atom stereocenters. The monoisotopic (exact) mass is 510 g/mol. The van der Waals surface area contributed by atoms with E-state index in [1.165, 1.54) is 101 Å². The zero-order valence-corrected chi connectivity index (χ0v) is 24.0. The smallest absolute Gasteiger partial charge is 0.122 e. The number of hydrogen-bond acceptors (Lipinski definition) is 3. The fourth-order valence-corrected chi connectivity index (χ4v) is 4.77. The Hall–Kier alpha value is -2.00. The van der Waals surface area contributed by atoms with Gasteiger partial charge < -0.3 is 14.2 Å². The van der Waals surface area contributed by atoms with E-state index < -0.39 is 0 Å². The summed E-state index contributed by atoms with van der Waals surface area (Å²) < 4.78 is 17.9. The third kappa shape index (κ3) is 15.1. The number of unbranched alkanes of at least 4 members (excludes halogenated alkanes) is 12. The standard InChI is InChI=1S/C34H54O3/c1-3-5-7-9-11-13-15-21-31-23-17-19-25-33(31)36-29-27-35-28-30-37-34-26-20-18-24-32(34)22-16-14-12-10-8-6-4-2/h17-20,23-26H,3-16,21-22,27-30H2,1-2H3. The van der Waals surface area contributed by atoms with Crippen molar-refractivity contribution < 1.29 is 14.2 Å². The molecule has 0 aliphatic heterocycles. The summed E-state index contributed by atoms with van der Waals surface area (Å²) in [6.07, 6.45) is 20.9. The number of para-hydroxylation sites is 2. The van der Waals surface area contributed by atoms with Gasteiger partial charge in [0.15, 0.2) is 0 Å². The van der Waals surface area contributed by atoms with Gasteiger partial charge in [-0.3, -0.25) is 0 Å². The SMILES string of the molecule is CCCCCCCCCc1ccccc1OCCOCCOc1ccccc1CCCCCCCCC. The van der Waals surface area contributed by atoms with Gasteiger partial charge in [-0.15, -0.1) is 0 Å². The quantitative estimate of drug-likeness (QED) is 0.132. The van der Waals surface area contributed by atoms with Crippen LogP contribution in [0, 0.1) is 0 Å². The average molecular weight is 511 g/mol. The van der Waals surface area contributed by atoms with E-state index >= 15 is 0 Å². The largest absolute Gasteiger partial charge is 0.491 e. The molecule has 0 aliphatic rings. The highest BCUT2D eigenvalue weighted by Crippen LogP contribution is 2.22. The molecule has 2 rings (SSSR count). The number of aryl methyl sites for hydroxylation is 2. The van der Waals surface area contributed by atoms with Crippen LogP contribution < -0.4 is 9.47 Å². The molecule has 37 heavy (non-hydrogen) atoms. The van der Waals surface area contributed by atoms with Crippen LogP contribution in [-0.4, -0.2) is 26.4 Å². The molecule has 2 aromatic carbocycles. The lowest BCUT2D eigenvalue weighted by atomic mass is 10.0. The zero-order valence-electron chi connectivity index (χ0n) is 24.0. The van der Waals surface area contributed by atoms with E-state index in [-0.39, 0.29) is 0 Å². The van der Waals surface area contributed by atoms with Crippen LogP contribution in [0.5, 0.6) is 11.5 Å². The number of ether oxygens (including phenoxy) is 3. The molecule has 208 valence electrons. The summed E-state index contributed by atoms with van der Waals surface area (Å²) in [4.78, 5) is 0. The van der Waals surface area contributed by atoms with E-state index in [2.05, 4.69) is 62.4 Å². The fraction of sp³-hybridized carbons (Fsp3) is 0.647. The Balaban J connectivity index is 1.56. The molecule has 0 N–H and O–H groups in total. The Kier molecular flexibility index (Phi) is 18.6.